The van der Waals surface area contributed by atoms with Crippen molar-refractivity contribution in [2.45, 2.75) is 0 Å². The van der Waals surface area contributed by atoms with Gasteiger partial charge in [0, 0.05) is 9.26 Å². The number of amides is 1. The molecular weight excluding hydrogens is 386 g/mol. The van der Waals surface area contributed by atoms with Crippen molar-refractivity contribution in [1.29, 1.82) is 0 Å². The molecule has 3 nitrogen and oxygen atoms in total. The number of nitrogens with one attached hydrogen (secondary N) is 1. The van der Waals surface area contributed by atoms with Crippen LogP contribution >= 0.6 is 45.8 Å². The molecule has 0 saturated carbocycles. The zero-order chi connectivity index (χ0) is 13.1. The summed E-state index contributed by atoms with van der Waals surface area (Å²) in [6, 6.07) is 10.5. The van der Waals surface area contributed by atoms with Crippen molar-refractivity contribution in [2.24, 2.45) is 0 Å². The predicted octanol–water partition coefficient (Wildman–Crippen LogP) is 4.25. The SMILES string of the molecule is O=C(Nc1ccc(I)cc1)c1nc(Cl)ccc1Cl. The fourth-order valence-electron chi connectivity index (χ4n) is 1.30. The number of pyridine rings is 1. The zero-order valence-electron chi connectivity index (χ0n) is 8.95. The van der Waals surface area contributed by atoms with Crippen LogP contribution in [0.15, 0.2) is 36.4 Å². The van der Waals surface area contributed by atoms with Gasteiger partial charge in [-0.05, 0) is 59.0 Å². The van der Waals surface area contributed by atoms with Gasteiger partial charge in [-0.3, -0.25) is 4.79 Å². The van der Waals surface area contributed by atoms with E-state index in [9.17, 15) is 4.79 Å². The van der Waals surface area contributed by atoms with Crippen LogP contribution in [-0.2, 0) is 0 Å². The highest BCUT2D eigenvalue weighted by Gasteiger charge is 2.13. The maximum atomic E-state index is 12.0. The standard InChI is InChI=1S/C12H7Cl2IN2O/c13-9-5-6-10(14)17-11(9)12(18)16-8-3-1-7(15)2-4-8/h1-6H,(H,16,18). The topological polar surface area (TPSA) is 42.0 Å². The maximum Gasteiger partial charge on any atom is 0.275 e. The number of benzene rings is 1. The number of carbonyl (C=O) groups is 1. The van der Waals surface area contributed by atoms with Crippen LogP contribution in [-0.4, -0.2) is 10.9 Å². The van der Waals surface area contributed by atoms with Gasteiger partial charge in [0.25, 0.3) is 5.91 Å². The van der Waals surface area contributed by atoms with E-state index in [1.807, 2.05) is 12.1 Å². The molecule has 0 saturated heterocycles. The first kappa shape index (κ1) is 13.6. The summed E-state index contributed by atoms with van der Waals surface area (Å²) in [4.78, 5) is 15.9. The minimum Gasteiger partial charge on any atom is -0.321 e. The molecule has 1 aromatic heterocycles. The normalized spacial score (nSPS) is 10.2. The van der Waals surface area contributed by atoms with Crippen LogP contribution in [0.5, 0.6) is 0 Å². The molecular formula is C12H7Cl2IN2O. The molecule has 0 bridgehead atoms. The fraction of sp³-hybridized carbons (Fsp3) is 0. The molecule has 1 amide bonds. The van der Waals surface area contributed by atoms with E-state index in [0.717, 1.165) is 3.57 Å². The Kier molecular flexibility index (Phi) is 4.42. The second-order valence-electron chi connectivity index (χ2n) is 3.43. The molecule has 0 aliphatic rings. The molecule has 0 fully saturated rings. The van der Waals surface area contributed by atoms with Crippen molar-refractivity contribution in [2.75, 3.05) is 5.32 Å². The number of hydrogen-bond acceptors (Lipinski definition) is 2. The molecule has 18 heavy (non-hydrogen) atoms. The highest BCUT2D eigenvalue weighted by molar-refractivity contribution is 14.1. The van der Waals surface area contributed by atoms with Crippen LogP contribution in [0, 0.1) is 3.57 Å². The summed E-state index contributed by atoms with van der Waals surface area (Å²) in [5, 5.41) is 3.20. The monoisotopic (exact) mass is 392 g/mol. The quantitative estimate of drug-likeness (QED) is 0.613. The molecule has 0 spiro atoms. The van der Waals surface area contributed by atoms with Crippen molar-refractivity contribution in [3.63, 3.8) is 0 Å². The summed E-state index contributed by atoms with van der Waals surface area (Å²) in [5.74, 6) is -0.385. The zero-order valence-corrected chi connectivity index (χ0v) is 12.6. The second-order valence-corrected chi connectivity index (χ2v) is 5.47. The van der Waals surface area contributed by atoms with Crippen LogP contribution < -0.4 is 5.32 Å². The second kappa shape index (κ2) is 5.86. The Morgan fingerprint density at radius 2 is 1.78 bits per heavy atom. The first-order chi connectivity index (χ1) is 8.56. The lowest BCUT2D eigenvalue weighted by molar-refractivity contribution is 0.102. The Hall–Kier alpha value is -0.850. The van der Waals surface area contributed by atoms with Crippen LogP contribution in [0.25, 0.3) is 0 Å². The van der Waals surface area contributed by atoms with Gasteiger partial charge in [-0.25, -0.2) is 4.98 Å². The molecule has 2 rings (SSSR count). The van der Waals surface area contributed by atoms with Gasteiger partial charge in [0.15, 0.2) is 0 Å². The summed E-state index contributed by atoms with van der Waals surface area (Å²) >= 11 is 13.8. The average molecular weight is 393 g/mol. The van der Waals surface area contributed by atoms with Gasteiger partial charge in [0.1, 0.15) is 10.8 Å². The van der Waals surface area contributed by atoms with Crippen LogP contribution in [0.3, 0.4) is 0 Å². The van der Waals surface area contributed by atoms with Gasteiger partial charge in [-0.2, -0.15) is 0 Å². The smallest absolute Gasteiger partial charge is 0.275 e. The van der Waals surface area contributed by atoms with Gasteiger partial charge in [-0.15, -0.1) is 0 Å². The third kappa shape index (κ3) is 3.34. The molecule has 1 aromatic carbocycles. The lowest BCUT2D eigenvalue weighted by atomic mass is 10.3. The molecule has 6 heteroatoms. The number of nitrogens with zero attached hydrogens (tertiary/aromatic N) is 1. The molecule has 0 aliphatic carbocycles. The number of rotatable bonds is 2. The van der Waals surface area contributed by atoms with E-state index in [4.69, 9.17) is 23.2 Å². The Morgan fingerprint density at radius 1 is 1.11 bits per heavy atom. The van der Waals surface area contributed by atoms with E-state index in [2.05, 4.69) is 32.9 Å². The van der Waals surface area contributed by atoms with E-state index in [1.165, 1.54) is 6.07 Å². The summed E-state index contributed by atoms with van der Waals surface area (Å²) in [5.41, 5.74) is 0.793. The van der Waals surface area contributed by atoms with Gasteiger partial charge in [0.2, 0.25) is 0 Å². The Morgan fingerprint density at radius 3 is 2.44 bits per heavy atom. The van der Waals surface area contributed by atoms with Crippen LogP contribution in [0.4, 0.5) is 5.69 Å². The van der Waals surface area contributed by atoms with Gasteiger partial charge in [-0.1, -0.05) is 23.2 Å². The van der Waals surface area contributed by atoms with Crippen molar-refractivity contribution < 1.29 is 4.79 Å². The first-order valence-electron chi connectivity index (χ1n) is 4.95. The Labute approximate surface area is 128 Å². The number of hydrogen-bond donors (Lipinski definition) is 1. The van der Waals surface area contributed by atoms with Gasteiger partial charge < -0.3 is 5.32 Å². The lowest BCUT2D eigenvalue weighted by Crippen LogP contribution is -2.14. The molecule has 2 aromatic rings. The minimum atomic E-state index is -0.385. The van der Waals surface area contributed by atoms with E-state index in [-0.39, 0.29) is 21.8 Å². The van der Waals surface area contributed by atoms with Gasteiger partial charge >= 0.3 is 0 Å². The number of halogens is 3. The first-order valence-corrected chi connectivity index (χ1v) is 6.79. The highest BCUT2D eigenvalue weighted by Crippen LogP contribution is 2.19. The molecule has 0 radical (unpaired) electrons. The lowest BCUT2D eigenvalue weighted by Gasteiger charge is -2.06. The van der Waals surface area contributed by atoms with Crippen LogP contribution in [0.1, 0.15) is 10.5 Å². The maximum absolute atomic E-state index is 12.0. The molecule has 0 atom stereocenters. The molecule has 0 unspecified atom stereocenters. The average Bonchev–Trinajstić information content (AvgIpc) is 2.35. The van der Waals surface area contributed by atoms with Crippen molar-refractivity contribution in [1.82, 2.24) is 4.98 Å². The van der Waals surface area contributed by atoms with Crippen LogP contribution in [0.2, 0.25) is 10.2 Å². The van der Waals surface area contributed by atoms with E-state index >= 15 is 0 Å². The Bertz CT molecular complexity index is 587. The molecule has 0 aliphatic heterocycles. The van der Waals surface area contributed by atoms with Crippen molar-refractivity contribution >= 4 is 57.4 Å². The van der Waals surface area contributed by atoms with Crippen molar-refractivity contribution in [3.8, 4) is 0 Å². The number of carbonyl (C=O) groups excluding carboxylic acids is 1. The Balaban J connectivity index is 2.21. The van der Waals surface area contributed by atoms with E-state index in [0.29, 0.717) is 5.69 Å². The van der Waals surface area contributed by atoms with E-state index < -0.39 is 0 Å². The summed E-state index contributed by atoms with van der Waals surface area (Å²) in [7, 11) is 0. The van der Waals surface area contributed by atoms with Gasteiger partial charge in [0.05, 0.1) is 5.02 Å². The fourth-order valence-corrected chi connectivity index (χ4v) is 2.00. The minimum absolute atomic E-state index is 0.114. The molecule has 1 N–H and O–H groups in total. The van der Waals surface area contributed by atoms with Crippen molar-refractivity contribution in [3.05, 3.63) is 55.8 Å². The third-order valence-corrected chi connectivity index (χ3v) is 3.36. The summed E-state index contributed by atoms with van der Waals surface area (Å²) in [6.45, 7) is 0. The highest BCUT2D eigenvalue weighted by atomic mass is 127. The number of aromatic nitrogens is 1. The summed E-state index contributed by atoms with van der Waals surface area (Å²) < 4.78 is 1.09. The number of anilines is 1. The molecule has 92 valence electrons. The molecule has 1 heterocycles. The largest absolute Gasteiger partial charge is 0.321 e. The third-order valence-electron chi connectivity index (χ3n) is 2.13. The summed E-state index contributed by atoms with van der Waals surface area (Å²) in [6.07, 6.45) is 0. The van der Waals surface area contributed by atoms with E-state index in [1.54, 1.807) is 18.2 Å². The predicted molar refractivity (Wildman–Crippen MR) is 81.4 cm³/mol.